The van der Waals surface area contributed by atoms with Crippen LogP contribution in [-0.4, -0.2) is 16.1 Å². The number of amidine groups is 1. The Morgan fingerprint density at radius 3 is 2.44 bits per heavy atom. The van der Waals surface area contributed by atoms with Gasteiger partial charge in [0.25, 0.3) is 5.91 Å². The molecule has 1 saturated heterocycles. The van der Waals surface area contributed by atoms with E-state index in [9.17, 15) is 4.79 Å². The first-order valence-electron chi connectivity index (χ1n) is 10.1. The third kappa shape index (κ3) is 4.28. The zero-order chi connectivity index (χ0) is 21.9. The predicted molar refractivity (Wildman–Crippen MR) is 135 cm³/mol. The molecule has 4 nitrogen and oxygen atoms in total. The summed E-state index contributed by atoms with van der Waals surface area (Å²) >= 11 is 2.84. The average molecular weight is 454 g/mol. The summed E-state index contributed by atoms with van der Waals surface area (Å²) in [5, 5.41) is 3.22. The van der Waals surface area contributed by atoms with Crippen molar-refractivity contribution in [3.8, 4) is 11.3 Å². The number of benzene rings is 3. The smallest absolute Gasteiger partial charge is 0.268 e. The maximum atomic E-state index is 13.4. The van der Waals surface area contributed by atoms with Crippen LogP contribution in [-0.2, 0) is 4.79 Å². The first kappa shape index (κ1) is 20.4. The van der Waals surface area contributed by atoms with Crippen LogP contribution in [0.3, 0.4) is 0 Å². The number of carbonyl (C=O) groups excluding carboxylic acids is 1. The number of aryl methyl sites for hydroxylation is 1. The number of para-hydroxylation sites is 1. The van der Waals surface area contributed by atoms with E-state index in [1.807, 2.05) is 97.2 Å². The lowest BCUT2D eigenvalue weighted by Crippen LogP contribution is -2.28. The van der Waals surface area contributed by atoms with Crippen molar-refractivity contribution in [1.29, 1.82) is 0 Å². The van der Waals surface area contributed by atoms with Gasteiger partial charge < -0.3 is 0 Å². The van der Waals surface area contributed by atoms with Crippen LogP contribution in [0.1, 0.15) is 11.1 Å². The van der Waals surface area contributed by atoms with Crippen molar-refractivity contribution in [2.45, 2.75) is 6.92 Å². The van der Waals surface area contributed by atoms with Gasteiger partial charge in [0.05, 0.1) is 16.3 Å². The van der Waals surface area contributed by atoms with Crippen LogP contribution >= 0.6 is 23.1 Å². The van der Waals surface area contributed by atoms with E-state index >= 15 is 0 Å². The minimum atomic E-state index is -0.0821. The number of hydrogen-bond acceptors (Lipinski definition) is 5. The van der Waals surface area contributed by atoms with Crippen molar-refractivity contribution >= 4 is 51.1 Å². The Morgan fingerprint density at radius 1 is 0.938 bits per heavy atom. The van der Waals surface area contributed by atoms with Gasteiger partial charge in [-0.15, -0.1) is 11.3 Å². The topological polar surface area (TPSA) is 45.6 Å². The molecular weight excluding hydrogens is 434 g/mol. The quantitative estimate of drug-likeness (QED) is 0.315. The SMILES string of the molecule is Cc1cccc(/C=C2\S/C(=N/c3nc(-c4ccccc4)cs3)N(c3ccccc3)C2=O)c1. The van der Waals surface area contributed by atoms with Crippen LogP contribution in [0.15, 0.2) is 100 Å². The maximum absolute atomic E-state index is 13.4. The molecule has 0 saturated carbocycles. The number of amides is 1. The lowest BCUT2D eigenvalue weighted by atomic mass is 10.1. The van der Waals surface area contributed by atoms with Crippen LogP contribution in [0.25, 0.3) is 17.3 Å². The number of thioether (sulfide) groups is 1. The molecule has 1 aliphatic heterocycles. The van der Waals surface area contributed by atoms with Gasteiger partial charge >= 0.3 is 0 Å². The third-order valence-electron chi connectivity index (χ3n) is 4.91. The van der Waals surface area contributed by atoms with E-state index in [0.29, 0.717) is 15.2 Å². The second kappa shape index (κ2) is 8.94. The van der Waals surface area contributed by atoms with Gasteiger partial charge in [-0.3, -0.25) is 9.69 Å². The third-order valence-corrected chi connectivity index (χ3v) is 6.62. The van der Waals surface area contributed by atoms with E-state index in [1.165, 1.54) is 23.1 Å². The lowest BCUT2D eigenvalue weighted by Gasteiger charge is -2.14. The van der Waals surface area contributed by atoms with Crippen LogP contribution in [0, 0.1) is 6.92 Å². The summed E-state index contributed by atoms with van der Waals surface area (Å²) in [4.78, 5) is 25.1. The predicted octanol–water partition coefficient (Wildman–Crippen LogP) is 6.93. The monoisotopic (exact) mass is 453 g/mol. The van der Waals surface area contributed by atoms with Gasteiger partial charge in [0.2, 0.25) is 5.13 Å². The zero-order valence-corrected chi connectivity index (χ0v) is 18.9. The molecule has 1 amide bonds. The van der Waals surface area contributed by atoms with Crippen molar-refractivity contribution < 1.29 is 4.79 Å². The molecule has 0 unspecified atom stereocenters. The molecule has 1 aromatic heterocycles. The van der Waals surface area contributed by atoms with E-state index in [1.54, 1.807) is 4.90 Å². The molecule has 6 heteroatoms. The maximum Gasteiger partial charge on any atom is 0.271 e. The number of aliphatic imine (C=N–C) groups is 1. The fourth-order valence-corrected chi connectivity index (χ4v) is 5.14. The molecular formula is C26H19N3OS2. The van der Waals surface area contributed by atoms with Crippen molar-refractivity contribution in [3.63, 3.8) is 0 Å². The van der Waals surface area contributed by atoms with Gasteiger partial charge in [0.15, 0.2) is 5.17 Å². The minimum Gasteiger partial charge on any atom is -0.268 e. The van der Waals surface area contributed by atoms with E-state index < -0.39 is 0 Å². The van der Waals surface area contributed by atoms with Crippen molar-refractivity contribution in [2.75, 3.05) is 4.90 Å². The average Bonchev–Trinajstić information content (AvgIpc) is 3.40. The highest BCUT2D eigenvalue weighted by atomic mass is 32.2. The Hall–Kier alpha value is -3.48. The van der Waals surface area contributed by atoms with Crippen molar-refractivity contribution in [1.82, 2.24) is 4.98 Å². The summed E-state index contributed by atoms with van der Waals surface area (Å²) in [6.07, 6.45) is 1.93. The molecule has 0 N–H and O–H groups in total. The fraction of sp³-hybridized carbons (Fsp3) is 0.0385. The number of anilines is 1. The summed E-state index contributed by atoms with van der Waals surface area (Å²) in [6, 6.07) is 27.7. The molecule has 2 heterocycles. The molecule has 156 valence electrons. The molecule has 3 aromatic carbocycles. The molecule has 0 spiro atoms. The molecule has 1 aliphatic rings. The minimum absolute atomic E-state index is 0.0821. The Balaban J connectivity index is 1.53. The first-order valence-corrected chi connectivity index (χ1v) is 11.8. The van der Waals surface area contributed by atoms with Crippen LogP contribution in [0.4, 0.5) is 10.8 Å². The highest BCUT2D eigenvalue weighted by molar-refractivity contribution is 8.19. The summed E-state index contributed by atoms with van der Waals surface area (Å²) in [7, 11) is 0. The number of nitrogens with zero attached hydrogens (tertiary/aromatic N) is 3. The largest absolute Gasteiger partial charge is 0.271 e. The second-order valence-electron chi connectivity index (χ2n) is 7.28. The number of hydrogen-bond donors (Lipinski definition) is 0. The summed E-state index contributed by atoms with van der Waals surface area (Å²) in [6.45, 7) is 2.04. The fourth-order valence-electron chi connectivity index (χ4n) is 3.40. The van der Waals surface area contributed by atoms with E-state index in [-0.39, 0.29) is 5.91 Å². The molecule has 0 bridgehead atoms. The molecule has 0 aliphatic carbocycles. The molecule has 1 fully saturated rings. The van der Waals surface area contributed by atoms with Crippen LogP contribution in [0.2, 0.25) is 0 Å². The Bertz CT molecular complexity index is 1330. The van der Waals surface area contributed by atoms with Gasteiger partial charge in [-0.1, -0.05) is 78.4 Å². The van der Waals surface area contributed by atoms with Crippen molar-refractivity contribution in [3.05, 3.63) is 106 Å². The van der Waals surface area contributed by atoms with E-state index in [0.717, 1.165) is 28.1 Å². The number of thiazole rings is 1. The van der Waals surface area contributed by atoms with Gasteiger partial charge in [-0.25, -0.2) is 4.98 Å². The lowest BCUT2D eigenvalue weighted by molar-refractivity contribution is -0.113. The Labute approximate surface area is 195 Å². The molecule has 0 atom stereocenters. The van der Waals surface area contributed by atoms with Crippen LogP contribution < -0.4 is 4.90 Å². The molecule has 4 aromatic rings. The standard InChI is InChI=1S/C26H19N3OS2/c1-18-9-8-10-19(15-18)16-23-24(30)29(21-13-6-3-7-14-21)26(32-23)28-25-27-22(17-31-25)20-11-4-2-5-12-20/h2-17H,1H3/b23-16-,28-26+. The van der Waals surface area contributed by atoms with E-state index in [2.05, 4.69) is 11.1 Å². The second-order valence-corrected chi connectivity index (χ2v) is 9.12. The Kier molecular flexibility index (Phi) is 5.71. The Morgan fingerprint density at radius 2 is 1.69 bits per heavy atom. The van der Waals surface area contributed by atoms with Gasteiger partial charge in [0, 0.05) is 10.9 Å². The van der Waals surface area contributed by atoms with E-state index in [4.69, 9.17) is 4.99 Å². The highest BCUT2D eigenvalue weighted by Crippen LogP contribution is 2.38. The number of rotatable bonds is 4. The molecule has 32 heavy (non-hydrogen) atoms. The summed E-state index contributed by atoms with van der Waals surface area (Å²) in [5.74, 6) is -0.0821. The van der Waals surface area contributed by atoms with Gasteiger partial charge in [0.1, 0.15) is 0 Å². The highest BCUT2D eigenvalue weighted by Gasteiger charge is 2.35. The van der Waals surface area contributed by atoms with Crippen molar-refractivity contribution in [2.24, 2.45) is 4.99 Å². The number of aromatic nitrogens is 1. The molecule has 5 rings (SSSR count). The van der Waals surface area contributed by atoms with Gasteiger partial charge in [-0.2, -0.15) is 4.99 Å². The zero-order valence-electron chi connectivity index (χ0n) is 17.3. The molecule has 0 radical (unpaired) electrons. The van der Waals surface area contributed by atoms with Crippen LogP contribution in [0.5, 0.6) is 0 Å². The van der Waals surface area contributed by atoms with Gasteiger partial charge in [-0.05, 0) is 42.5 Å². The summed E-state index contributed by atoms with van der Waals surface area (Å²) < 4.78 is 0. The first-order chi connectivity index (χ1) is 15.7. The normalized spacial score (nSPS) is 16.3. The summed E-state index contributed by atoms with van der Waals surface area (Å²) in [5.41, 5.74) is 4.86. The number of carbonyl (C=O) groups is 1.